The molecule has 0 aliphatic heterocycles. The lowest BCUT2D eigenvalue weighted by Crippen LogP contribution is -1.96. The van der Waals surface area contributed by atoms with E-state index in [9.17, 15) is 0 Å². The van der Waals surface area contributed by atoms with E-state index in [0.717, 1.165) is 37.2 Å². The van der Waals surface area contributed by atoms with Gasteiger partial charge in [0.1, 0.15) is 10.8 Å². The highest BCUT2D eigenvalue weighted by atomic mass is 32.2. The molecule has 0 saturated carbocycles. The number of hydrogen-bond donors (Lipinski definition) is 1. The predicted octanol–water partition coefficient (Wildman–Crippen LogP) is 4.56. The number of benzene rings is 1. The Bertz CT molecular complexity index is 815. The number of methoxy groups -OCH3 is 1. The summed E-state index contributed by atoms with van der Waals surface area (Å²) in [5.74, 6) is 1.61. The molecular weight excluding hydrogens is 360 g/mol. The molecule has 0 radical (unpaired) electrons. The van der Waals surface area contributed by atoms with Crippen LogP contribution in [0, 0.1) is 0 Å². The van der Waals surface area contributed by atoms with Crippen molar-refractivity contribution in [1.82, 2.24) is 15.2 Å². The van der Waals surface area contributed by atoms with Gasteiger partial charge in [0.05, 0.1) is 18.4 Å². The van der Waals surface area contributed by atoms with Crippen molar-refractivity contribution >= 4 is 39.6 Å². The van der Waals surface area contributed by atoms with Crippen LogP contribution in [0.15, 0.2) is 46.6 Å². The lowest BCUT2D eigenvalue weighted by molar-refractivity contribution is 0.416. The van der Waals surface area contributed by atoms with Gasteiger partial charge in [0.25, 0.3) is 0 Å². The van der Waals surface area contributed by atoms with Crippen molar-refractivity contribution in [1.29, 1.82) is 0 Å². The van der Waals surface area contributed by atoms with Gasteiger partial charge in [0, 0.05) is 17.7 Å². The zero-order valence-corrected chi connectivity index (χ0v) is 15.5. The molecule has 124 valence electrons. The molecule has 0 atom stereocenters. The third-order valence-corrected chi connectivity index (χ3v) is 6.01. The van der Waals surface area contributed by atoms with Crippen LogP contribution < -0.4 is 10.1 Å². The fourth-order valence-electron chi connectivity index (χ4n) is 1.95. The number of thioether (sulfide) groups is 1. The second-order valence-corrected chi connectivity index (χ2v) is 7.73. The Balaban J connectivity index is 1.64. The Hall–Kier alpha value is -1.90. The van der Waals surface area contributed by atoms with Gasteiger partial charge in [-0.2, -0.15) is 0 Å². The number of aromatic nitrogens is 3. The van der Waals surface area contributed by atoms with Crippen LogP contribution in [0.2, 0.25) is 0 Å². The number of thiazole rings is 1. The quantitative estimate of drug-likeness (QED) is 0.459. The number of nitrogens with one attached hydrogen (secondary N) is 1. The summed E-state index contributed by atoms with van der Waals surface area (Å²) in [5, 5.41) is 15.3. The Morgan fingerprint density at radius 3 is 3.04 bits per heavy atom. The fourth-order valence-corrected chi connectivity index (χ4v) is 4.56. The zero-order valence-electron chi connectivity index (χ0n) is 13.1. The lowest BCUT2D eigenvalue weighted by Gasteiger charge is -2.04. The predicted molar refractivity (Wildman–Crippen MR) is 102 cm³/mol. The summed E-state index contributed by atoms with van der Waals surface area (Å²) in [6.07, 6.45) is 1.79. The molecule has 8 heteroatoms. The number of nitrogens with zero attached hydrogens (tertiary/aromatic N) is 3. The molecule has 0 amide bonds. The van der Waals surface area contributed by atoms with Crippen LogP contribution in [0.4, 0.5) is 5.13 Å². The molecular formula is C16H16N4OS3. The van der Waals surface area contributed by atoms with Crippen LogP contribution in [0.3, 0.4) is 0 Å². The van der Waals surface area contributed by atoms with Crippen molar-refractivity contribution in [3.05, 3.63) is 48.0 Å². The number of ether oxygens (including phenoxy) is 1. The highest BCUT2D eigenvalue weighted by molar-refractivity contribution is 8.00. The van der Waals surface area contributed by atoms with Crippen LogP contribution in [-0.4, -0.2) is 28.8 Å². The summed E-state index contributed by atoms with van der Waals surface area (Å²) >= 11 is 4.80. The van der Waals surface area contributed by atoms with Gasteiger partial charge < -0.3 is 10.1 Å². The van der Waals surface area contributed by atoms with Crippen molar-refractivity contribution in [3.63, 3.8) is 0 Å². The van der Waals surface area contributed by atoms with E-state index in [1.54, 1.807) is 36.3 Å². The molecule has 0 unspecified atom stereocenters. The third-order valence-electron chi connectivity index (χ3n) is 3.04. The Morgan fingerprint density at radius 2 is 2.21 bits per heavy atom. The molecule has 3 aromatic rings. The van der Waals surface area contributed by atoms with Gasteiger partial charge in [0.15, 0.2) is 4.34 Å². The number of anilines is 1. The molecule has 0 bridgehead atoms. The van der Waals surface area contributed by atoms with Gasteiger partial charge in [-0.1, -0.05) is 41.3 Å². The Labute approximate surface area is 152 Å². The van der Waals surface area contributed by atoms with Gasteiger partial charge in [-0.15, -0.1) is 28.1 Å². The molecule has 24 heavy (non-hydrogen) atoms. The minimum absolute atomic E-state index is 0.688. The van der Waals surface area contributed by atoms with Gasteiger partial charge >= 0.3 is 0 Å². The van der Waals surface area contributed by atoms with Crippen LogP contribution in [0.1, 0.15) is 5.69 Å². The van der Waals surface area contributed by atoms with Gasteiger partial charge in [-0.05, 0) is 12.1 Å². The van der Waals surface area contributed by atoms with Crippen LogP contribution in [0.5, 0.6) is 5.75 Å². The standard InChI is InChI=1S/C16H16N4OS3/c1-3-8-17-15-19-20-16(24-15)23-10-11-9-22-14(18-11)12-6-4-5-7-13(12)21-2/h3-7,9H,1,8,10H2,2H3,(H,17,19). The van der Waals surface area contributed by atoms with Crippen molar-refractivity contribution in [2.75, 3.05) is 19.0 Å². The minimum Gasteiger partial charge on any atom is -0.496 e. The van der Waals surface area contributed by atoms with E-state index in [1.165, 1.54) is 11.3 Å². The van der Waals surface area contributed by atoms with Crippen molar-refractivity contribution in [2.24, 2.45) is 0 Å². The molecule has 2 aromatic heterocycles. The SMILES string of the molecule is C=CCNc1nnc(SCc2csc(-c3ccccc3OC)n2)s1. The molecule has 0 saturated heterocycles. The smallest absolute Gasteiger partial charge is 0.206 e. The number of hydrogen-bond acceptors (Lipinski definition) is 8. The summed E-state index contributed by atoms with van der Waals surface area (Å²) in [6.45, 7) is 4.36. The van der Waals surface area contributed by atoms with Gasteiger partial charge in [-0.3, -0.25) is 0 Å². The molecule has 0 spiro atoms. The summed E-state index contributed by atoms with van der Waals surface area (Å²) in [4.78, 5) is 4.71. The summed E-state index contributed by atoms with van der Waals surface area (Å²) in [5.41, 5.74) is 2.05. The maximum atomic E-state index is 5.40. The largest absolute Gasteiger partial charge is 0.496 e. The summed E-state index contributed by atoms with van der Waals surface area (Å²) in [7, 11) is 1.68. The van der Waals surface area contributed by atoms with E-state index in [1.807, 2.05) is 24.3 Å². The zero-order chi connectivity index (χ0) is 16.8. The van der Waals surface area contributed by atoms with Gasteiger partial charge in [-0.25, -0.2) is 4.98 Å². The van der Waals surface area contributed by atoms with Crippen molar-refractivity contribution in [3.8, 4) is 16.3 Å². The first-order valence-electron chi connectivity index (χ1n) is 7.19. The first-order chi connectivity index (χ1) is 11.8. The van der Waals surface area contributed by atoms with Crippen molar-refractivity contribution < 1.29 is 4.74 Å². The van der Waals surface area contributed by atoms with E-state index < -0.39 is 0 Å². The van der Waals surface area contributed by atoms with Crippen LogP contribution >= 0.6 is 34.4 Å². The maximum absolute atomic E-state index is 5.40. The normalized spacial score (nSPS) is 10.5. The maximum Gasteiger partial charge on any atom is 0.206 e. The van der Waals surface area contributed by atoms with E-state index >= 15 is 0 Å². The second kappa shape index (κ2) is 8.27. The average molecular weight is 377 g/mol. The molecule has 3 rings (SSSR count). The van der Waals surface area contributed by atoms with Crippen LogP contribution in [-0.2, 0) is 5.75 Å². The van der Waals surface area contributed by atoms with E-state index in [4.69, 9.17) is 9.72 Å². The molecule has 1 aromatic carbocycles. The monoisotopic (exact) mass is 376 g/mol. The lowest BCUT2D eigenvalue weighted by atomic mass is 10.2. The van der Waals surface area contributed by atoms with E-state index in [-0.39, 0.29) is 0 Å². The Kier molecular flexibility index (Phi) is 5.84. The molecule has 5 nitrogen and oxygen atoms in total. The minimum atomic E-state index is 0.688. The van der Waals surface area contributed by atoms with Gasteiger partial charge in [0.2, 0.25) is 5.13 Å². The molecule has 2 heterocycles. The van der Waals surface area contributed by atoms with E-state index in [0.29, 0.717) is 6.54 Å². The third kappa shape index (κ3) is 4.14. The number of para-hydroxylation sites is 1. The second-order valence-electron chi connectivity index (χ2n) is 4.68. The Morgan fingerprint density at radius 1 is 1.33 bits per heavy atom. The van der Waals surface area contributed by atoms with Crippen LogP contribution in [0.25, 0.3) is 10.6 Å². The summed E-state index contributed by atoms with van der Waals surface area (Å²) < 4.78 is 6.33. The molecule has 0 aliphatic carbocycles. The van der Waals surface area contributed by atoms with E-state index in [2.05, 4.69) is 27.5 Å². The molecule has 1 N–H and O–H groups in total. The highest BCUT2D eigenvalue weighted by Gasteiger charge is 2.11. The average Bonchev–Trinajstić information content (AvgIpc) is 3.27. The van der Waals surface area contributed by atoms with Crippen molar-refractivity contribution in [2.45, 2.75) is 10.1 Å². The fraction of sp³-hybridized carbons (Fsp3) is 0.188. The topological polar surface area (TPSA) is 59.9 Å². The highest BCUT2D eigenvalue weighted by Crippen LogP contribution is 2.34. The summed E-state index contributed by atoms with van der Waals surface area (Å²) in [6, 6.07) is 7.92. The first kappa shape index (κ1) is 16.9. The number of rotatable bonds is 8. The molecule has 0 fully saturated rings. The molecule has 0 aliphatic rings. The first-order valence-corrected chi connectivity index (χ1v) is 9.87.